The summed E-state index contributed by atoms with van der Waals surface area (Å²) >= 11 is 5.70. The molecule has 0 aliphatic heterocycles. The molecule has 1 aliphatic carbocycles. The summed E-state index contributed by atoms with van der Waals surface area (Å²) in [7, 11) is 5.00. The molecule has 3 aromatic rings. The average molecular weight is 477 g/mol. The van der Waals surface area contributed by atoms with Gasteiger partial charge in [0.1, 0.15) is 5.75 Å². The van der Waals surface area contributed by atoms with Gasteiger partial charge in [0.25, 0.3) is 0 Å². The topological polar surface area (TPSA) is 51.8 Å². The van der Waals surface area contributed by atoms with Crippen LogP contribution in [-0.4, -0.2) is 32.5 Å². The number of aryl methyl sites for hydroxylation is 1. The number of methoxy groups -OCH3 is 3. The van der Waals surface area contributed by atoms with Crippen LogP contribution in [0.1, 0.15) is 34.6 Å². The summed E-state index contributed by atoms with van der Waals surface area (Å²) in [6, 6.07) is 23.3. The summed E-state index contributed by atoms with van der Waals surface area (Å²) in [6.07, 6.45) is 2.96. The maximum Gasteiger partial charge on any atom is 0.166 e. The predicted molar refractivity (Wildman–Crippen MR) is 140 cm³/mol. The molecule has 0 heterocycles. The molecule has 2 unspecified atom stereocenters. The Balaban J connectivity index is 1.47. The van der Waals surface area contributed by atoms with Gasteiger partial charge in [-0.05, 0) is 78.0 Å². The molecule has 0 saturated carbocycles. The highest BCUT2D eigenvalue weighted by molar-refractivity contribution is 7.80. The second-order valence-electron chi connectivity index (χ2n) is 8.52. The van der Waals surface area contributed by atoms with Crippen molar-refractivity contribution in [1.29, 1.82) is 0 Å². The van der Waals surface area contributed by atoms with Crippen molar-refractivity contribution in [3.05, 3.63) is 89.0 Å². The summed E-state index contributed by atoms with van der Waals surface area (Å²) in [5, 5.41) is 7.64. The van der Waals surface area contributed by atoms with E-state index < -0.39 is 0 Å². The monoisotopic (exact) mass is 476 g/mol. The second kappa shape index (κ2) is 11.3. The summed E-state index contributed by atoms with van der Waals surface area (Å²) in [5.41, 5.74) is 5.13. The van der Waals surface area contributed by atoms with Crippen LogP contribution in [0.2, 0.25) is 0 Å². The fourth-order valence-electron chi connectivity index (χ4n) is 4.70. The van der Waals surface area contributed by atoms with Crippen LogP contribution < -0.4 is 24.8 Å². The van der Waals surface area contributed by atoms with Gasteiger partial charge in [-0.1, -0.05) is 42.5 Å². The lowest BCUT2D eigenvalue weighted by Gasteiger charge is -2.35. The molecule has 2 N–H and O–H groups in total. The van der Waals surface area contributed by atoms with E-state index in [1.807, 2.05) is 18.2 Å². The van der Waals surface area contributed by atoms with E-state index in [4.69, 9.17) is 26.4 Å². The Hall–Kier alpha value is -3.25. The van der Waals surface area contributed by atoms with Gasteiger partial charge in [0.05, 0.1) is 21.3 Å². The summed E-state index contributed by atoms with van der Waals surface area (Å²) in [5.74, 6) is 2.66. The highest BCUT2D eigenvalue weighted by Gasteiger charge is 2.30. The molecule has 1 aliphatic rings. The normalized spacial score (nSPS) is 16.8. The van der Waals surface area contributed by atoms with Gasteiger partial charge in [-0.2, -0.15) is 0 Å². The number of hydrogen-bond donors (Lipinski definition) is 2. The Labute approximate surface area is 207 Å². The van der Waals surface area contributed by atoms with Gasteiger partial charge in [0.15, 0.2) is 16.6 Å². The van der Waals surface area contributed by atoms with E-state index in [2.05, 4.69) is 59.2 Å². The molecule has 5 nitrogen and oxygen atoms in total. The lowest BCUT2D eigenvalue weighted by Crippen LogP contribution is -2.46. The van der Waals surface area contributed by atoms with Crippen LogP contribution in [0.5, 0.6) is 17.2 Å². The maximum absolute atomic E-state index is 5.70. The predicted octanol–water partition coefficient (Wildman–Crippen LogP) is 5.02. The van der Waals surface area contributed by atoms with Crippen LogP contribution in [0.4, 0.5) is 0 Å². The van der Waals surface area contributed by atoms with Gasteiger partial charge < -0.3 is 24.8 Å². The van der Waals surface area contributed by atoms with Crippen molar-refractivity contribution in [3.8, 4) is 17.2 Å². The Bertz CT molecular complexity index is 1120. The number of benzene rings is 3. The molecule has 0 radical (unpaired) electrons. The molecule has 0 bridgehead atoms. The van der Waals surface area contributed by atoms with Crippen molar-refractivity contribution in [2.75, 3.05) is 21.3 Å². The first-order valence-corrected chi connectivity index (χ1v) is 12.0. The zero-order valence-electron chi connectivity index (χ0n) is 20.0. The van der Waals surface area contributed by atoms with Gasteiger partial charge in [-0.25, -0.2) is 0 Å². The fourth-order valence-corrected chi connectivity index (χ4v) is 4.93. The zero-order chi connectivity index (χ0) is 23.9. The van der Waals surface area contributed by atoms with E-state index in [-0.39, 0.29) is 6.04 Å². The highest BCUT2D eigenvalue weighted by atomic mass is 32.1. The molecule has 0 spiro atoms. The van der Waals surface area contributed by atoms with Gasteiger partial charge in [-0.3, -0.25) is 0 Å². The molecule has 0 fully saturated rings. The molecular formula is C28H32N2O3S. The molecule has 34 heavy (non-hydrogen) atoms. The van der Waals surface area contributed by atoms with Crippen LogP contribution >= 0.6 is 12.2 Å². The first-order valence-electron chi connectivity index (χ1n) is 11.6. The van der Waals surface area contributed by atoms with Crippen LogP contribution in [-0.2, 0) is 19.4 Å². The van der Waals surface area contributed by atoms with E-state index in [9.17, 15) is 0 Å². The van der Waals surface area contributed by atoms with E-state index in [0.29, 0.717) is 29.1 Å². The van der Waals surface area contributed by atoms with Crippen molar-refractivity contribution in [1.82, 2.24) is 10.6 Å². The number of rotatable bonds is 8. The third kappa shape index (κ3) is 5.62. The van der Waals surface area contributed by atoms with Gasteiger partial charge >= 0.3 is 0 Å². The third-order valence-electron chi connectivity index (χ3n) is 6.48. The van der Waals surface area contributed by atoms with Crippen LogP contribution in [0, 0.1) is 0 Å². The summed E-state index contributed by atoms with van der Waals surface area (Å²) in [4.78, 5) is 0. The Morgan fingerprint density at radius 1 is 0.882 bits per heavy atom. The first kappa shape index (κ1) is 23.9. The van der Waals surface area contributed by atoms with Crippen LogP contribution in [0.15, 0.2) is 66.7 Å². The second-order valence-corrected chi connectivity index (χ2v) is 8.93. The minimum absolute atomic E-state index is 0.242. The Morgan fingerprint density at radius 2 is 1.68 bits per heavy atom. The quantitative estimate of drug-likeness (QED) is 0.446. The van der Waals surface area contributed by atoms with Crippen molar-refractivity contribution >= 4 is 17.3 Å². The van der Waals surface area contributed by atoms with Gasteiger partial charge in [0.2, 0.25) is 0 Å². The Morgan fingerprint density at radius 3 is 2.41 bits per heavy atom. The number of hydrogen-bond acceptors (Lipinski definition) is 4. The minimum atomic E-state index is 0.242. The van der Waals surface area contributed by atoms with Crippen molar-refractivity contribution in [3.63, 3.8) is 0 Å². The Kier molecular flexibility index (Phi) is 7.91. The molecule has 3 aromatic carbocycles. The maximum atomic E-state index is 5.70. The SMILES string of the molecule is COc1ccc2c(c1)CCC(NC(=S)NCc1ccc(OC)c(OC)c1)C2Cc1ccccc1. The first-order chi connectivity index (χ1) is 16.6. The smallest absolute Gasteiger partial charge is 0.166 e. The molecule has 2 atom stereocenters. The number of ether oxygens (including phenoxy) is 3. The van der Waals surface area contributed by atoms with Crippen LogP contribution in [0.3, 0.4) is 0 Å². The molecule has 6 heteroatoms. The third-order valence-corrected chi connectivity index (χ3v) is 6.74. The summed E-state index contributed by atoms with van der Waals surface area (Å²) < 4.78 is 16.2. The lowest BCUT2D eigenvalue weighted by molar-refractivity contribution is 0.354. The van der Waals surface area contributed by atoms with E-state index in [1.165, 1.54) is 16.7 Å². The molecule has 0 amide bonds. The van der Waals surface area contributed by atoms with Gasteiger partial charge in [0, 0.05) is 18.5 Å². The molecule has 4 rings (SSSR count). The molecule has 0 aromatic heterocycles. The van der Waals surface area contributed by atoms with Gasteiger partial charge in [-0.15, -0.1) is 0 Å². The summed E-state index contributed by atoms with van der Waals surface area (Å²) in [6.45, 7) is 0.607. The number of thiocarbonyl (C=S) groups is 1. The lowest BCUT2D eigenvalue weighted by atomic mass is 9.76. The molecular weight excluding hydrogens is 444 g/mol. The zero-order valence-corrected chi connectivity index (χ0v) is 20.8. The van der Waals surface area contributed by atoms with Crippen molar-refractivity contribution in [2.45, 2.75) is 37.8 Å². The van der Waals surface area contributed by atoms with Crippen molar-refractivity contribution in [2.24, 2.45) is 0 Å². The number of nitrogens with one attached hydrogen (secondary N) is 2. The van der Waals surface area contributed by atoms with E-state index in [1.54, 1.807) is 21.3 Å². The highest BCUT2D eigenvalue weighted by Crippen LogP contribution is 2.36. The van der Waals surface area contributed by atoms with E-state index in [0.717, 1.165) is 30.6 Å². The number of fused-ring (bicyclic) bond motifs is 1. The van der Waals surface area contributed by atoms with Crippen molar-refractivity contribution < 1.29 is 14.2 Å². The molecule has 178 valence electrons. The standard InChI is InChI=1S/C28H32N2O3S/c1-31-22-11-12-23-21(17-22)10-13-25(24(23)15-19-7-5-4-6-8-19)30-28(34)29-18-20-9-14-26(32-2)27(16-20)33-3/h4-9,11-12,14,16-17,24-25H,10,13,15,18H2,1-3H3,(H2,29,30,34). The molecule has 0 saturated heterocycles. The average Bonchev–Trinajstić information content (AvgIpc) is 2.88. The van der Waals surface area contributed by atoms with Crippen LogP contribution in [0.25, 0.3) is 0 Å². The minimum Gasteiger partial charge on any atom is -0.497 e. The largest absolute Gasteiger partial charge is 0.497 e. The van der Waals surface area contributed by atoms with E-state index >= 15 is 0 Å². The fraction of sp³-hybridized carbons (Fsp3) is 0.321.